The molecule has 0 aliphatic rings. The molecule has 2 atom stereocenters. The zero-order valence-corrected chi connectivity index (χ0v) is 20.4. The fraction of sp³-hybridized carbons (Fsp3) is 0.556. The van der Waals surface area contributed by atoms with E-state index in [1.165, 1.54) is 37.8 Å². The number of benzene rings is 1. The van der Waals surface area contributed by atoms with E-state index in [9.17, 15) is 32.9 Å². The lowest BCUT2D eigenvalue weighted by Crippen LogP contribution is -2.63. The van der Waals surface area contributed by atoms with Gasteiger partial charge in [-0.1, -0.05) is 31.8 Å². The minimum Gasteiger partial charge on any atom is -0.467 e. The maximum atomic E-state index is 13.5. The minimum absolute atomic E-state index is 0.102. The third kappa shape index (κ3) is 7.14. The number of amides is 1. The molecule has 1 aromatic rings. The van der Waals surface area contributed by atoms with Crippen LogP contribution < -0.4 is 0 Å². The van der Waals surface area contributed by atoms with Crippen LogP contribution in [-0.2, 0) is 18.8 Å². The Balaban J connectivity index is 3.83. The molecule has 13 heteroatoms. The van der Waals surface area contributed by atoms with Crippen LogP contribution in [-0.4, -0.2) is 57.2 Å². The summed E-state index contributed by atoms with van der Waals surface area (Å²) >= 11 is 0. The number of non-ortho nitro benzene ring substituents is 1. The van der Waals surface area contributed by atoms with E-state index in [1.807, 2.05) is 0 Å². The molecule has 0 bridgehead atoms. The van der Waals surface area contributed by atoms with Gasteiger partial charge < -0.3 is 13.7 Å². The number of nitro benzene ring substituents is 1. The van der Waals surface area contributed by atoms with Crippen molar-refractivity contribution in [1.29, 1.82) is 0 Å². The van der Waals surface area contributed by atoms with Gasteiger partial charge in [-0.05, 0) is 25.2 Å². The van der Waals surface area contributed by atoms with Crippen molar-refractivity contribution >= 4 is 34.1 Å². The van der Waals surface area contributed by atoms with Crippen molar-refractivity contribution in [2.45, 2.75) is 57.6 Å². The van der Waals surface area contributed by atoms with Crippen LogP contribution in [0.1, 0.15) is 11.7 Å². The zero-order chi connectivity index (χ0) is 24.4. The van der Waals surface area contributed by atoms with Crippen LogP contribution in [0.25, 0.3) is 0 Å². The number of nitro groups is 1. The van der Waals surface area contributed by atoms with E-state index in [4.69, 9.17) is 9.16 Å². The van der Waals surface area contributed by atoms with Gasteiger partial charge in [0.25, 0.3) is 5.69 Å². The third-order valence-electron chi connectivity index (χ3n) is 4.08. The number of hydrogen-bond acceptors (Lipinski definition) is 6. The van der Waals surface area contributed by atoms with Gasteiger partial charge in [0.1, 0.15) is 6.10 Å². The first kappa shape index (κ1) is 26.8. The Kier molecular flexibility index (Phi) is 8.19. The summed E-state index contributed by atoms with van der Waals surface area (Å²) in [5.41, 5.74) is -0.225. The predicted octanol–water partition coefficient (Wildman–Crippen LogP) is 4.25. The van der Waals surface area contributed by atoms with Crippen LogP contribution in [0.15, 0.2) is 24.3 Å². The molecule has 0 aromatic heterocycles. The topological polar surface area (TPSA) is 99.0 Å². The van der Waals surface area contributed by atoms with E-state index in [0.29, 0.717) is 4.57 Å². The maximum absolute atomic E-state index is 13.5. The number of ether oxygens (including phenoxy) is 1. The molecule has 0 N–H and O–H groups in total. The number of halogens is 3. The molecule has 0 saturated carbocycles. The fourth-order valence-electron chi connectivity index (χ4n) is 2.98. The lowest BCUT2D eigenvalue weighted by Gasteiger charge is -2.44. The molecular weight excluding hydrogens is 453 g/mol. The van der Waals surface area contributed by atoms with Gasteiger partial charge in [0.15, 0.2) is 22.6 Å². The molecule has 0 heterocycles. The Morgan fingerprint density at radius 3 is 2.06 bits per heavy atom. The van der Waals surface area contributed by atoms with Crippen molar-refractivity contribution in [3.8, 4) is 0 Å². The van der Waals surface area contributed by atoms with E-state index in [-0.39, 0.29) is 11.3 Å². The average molecular weight is 481 g/mol. The molecule has 0 spiro atoms. The molecule has 0 aliphatic carbocycles. The predicted molar refractivity (Wildman–Crippen MR) is 112 cm³/mol. The van der Waals surface area contributed by atoms with Gasteiger partial charge in [-0.25, -0.2) is 4.79 Å². The Morgan fingerprint density at radius 1 is 1.13 bits per heavy atom. The minimum atomic E-state index is -5.24. The monoisotopic (exact) mass is 480 g/mol. The van der Waals surface area contributed by atoms with Gasteiger partial charge in [-0.2, -0.15) is 13.2 Å². The Bertz CT molecular complexity index is 837. The maximum Gasteiger partial charge on any atom is 0.470 e. The summed E-state index contributed by atoms with van der Waals surface area (Å²) in [7, 11) is -4.68. The van der Waals surface area contributed by atoms with Gasteiger partial charge in [-0.15, -0.1) is 0 Å². The second-order valence-electron chi connectivity index (χ2n) is 8.81. The van der Waals surface area contributed by atoms with Crippen molar-refractivity contribution in [3.63, 3.8) is 0 Å². The third-order valence-corrected chi connectivity index (χ3v) is 6.97. The van der Waals surface area contributed by atoms with Crippen LogP contribution in [0.2, 0.25) is 39.3 Å². The van der Waals surface area contributed by atoms with Crippen molar-refractivity contribution < 1.29 is 36.8 Å². The van der Waals surface area contributed by atoms with Crippen LogP contribution >= 0.6 is 0 Å². The SMILES string of the molecule is COC(=O)C(C(O[Si](C)(C)C)c1cccc([N+](=O)[O-])c1)N(C(=O)C(F)(F)F)[Si](C)(C)C. The van der Waals surface area contributed by atoms with Crippen LogP contribution in [0.5, 0.6) is 0 Å². The molecule has 0 fully saturated rings. The smallest absolute Gasteiger partial charge is 0.467 e. The first-order valence-corrected chi connectivity index (χ1v) is 16.2. The molecule has 2 unspecified atom stereocenters. The highest BCUT2D eigenvalue weighted by Crippen LogP contribution is 2.36. The van der Waals surface area contributed by atoms with E-state index in [2.05, 4.69) is 0 Å². The summed E-state index contributed by atoms with van der Waals surface area (Å²) in [5.74, 6) is -3.29. The number of methoxy groups -OCH3 is 1. The standard InChI is InChI=1S/C18H27F3N2O6Si2/c1-28-16(24)14(22(30(2,3)4)17(25)18(19,20)21)15(29-31(5,6)7)12-9-8-10-13(11-12)23(26)27/h8-11,14-15H,1-7H3. The summed E-state index contributed by atoms with van der Waals surface area (Å²) in [6.07, 6.45) is -6.63. The van der Waals surface area contributed by atoms with Crippen molar-refractivity contribution in [2.24, 2.45) is 0 Å². The highest BCUT2D eigenvalue weighted by atomic mass is 28.4. The molecule has 1 rings (SSSR count). The molecule has 1 aromatic carbocycles. The van der Waals surface area contributed by atoms with Gasteiger partial charge in [0.2, 0.25) is 0 Å². The molecule has 1 amide bonds. The normalized spacial score (nSPS) is 14.5. The number of carbonyl (C=O) groups excluding carboxylic acids is 2. The quantitative estimate of drug-likeness (QED) is 0.239. The second kappa shape index (κ2) is 9.48. The zero-order valence-electron chi connectivity index (χ0n) is 18.4. The fourth-order valence-corrected chi connectivity index (χ4v) is 5.82. The number of carbonyl (C=O) groups is 2. The second-order valence-corrected chi connectivity index (χ2v) is 18.1. The highest BCUT2D eigenvalue weighted by Gasteiger charge is 2.53. The number of esters is 1. The molecule has 8 nitrogen and oxygen atoms in total. The number of alkyl halides is 3. The lowest BCUT2D eigenvalue weighted by molar-refractivity contribution is -0.385. The van der Waals surface area contributed by atoms with Crippen molar-refractivity contribution in [2.75, 3.05) is 7.11 Å². The Morgan fingerprint density at radius 2 is 1.68 bits per heavy atom. The van der Waals surface area contributed by atoms with E-state index in [1.54, 1.807) is 19.6 Å². The van der Waals surface area contributed by atoms with Crippen molar-refractivity contribution in [1.82, 2.24) is 4.57 Å². The van der Waals surface area contributed by atoms with Gasteiger partial charge in [0, 0.05) is 12.1 Å². The highest BCUT2D eigenvalue weighted by molar-refractivity contribution is 6.75. The number of rotatable bonds is 8. The van der Waals surface area contributed by atoms with E-state index < -0.39 is 51.7 Å². The summed E-state index contributed by atoms with van der Waals surface area (Å²) in [6, 6.07) is 3.31. The van der Waals surface area contributed by atoms with Crippen molar-refractivity contribution in [3.05, 3.63) is 39.9 Å². The van der Waals surface area contributed by atoms with Gasteiger partial charge >= 0.3 is 18.1 Å². The molecule has 31 heavy (non-hydrogen) atoms. The Hall–Kier alpha value is -2.26. The summed E-state index contributed by atoms with van der Waals surface area (Å²) in [5, 5.41) is 11.2. The first-order chi connectivity index (χ1) is 13.9. The van der Waals surface area contributed by atoms with Gasteiger partial charge in [-0.3, -0.25) is 14.9 Å². The first-order valence-electron chi connectivity index (χ1n) is 9.30. The van der Waals surface area contributed by atoms with Crippen LogP contribution in [0, 0.1) is 10.1 Å². The van der Waals surface area contributed by atoms with Crippen LogP contribution in [0.3, 0.4) is 0 Å². The summed E-state index contributed by atoms with van der Waals surface area (Å²) in [4.78, 5) is 35.8. The Labute approximate surface area is 180 Å². The molecule has 174 valence electrons. The van der Waals surface area contributed by atoms with Crippen LogP contribution in [0.4, 0.5) is 18.9 Å². The summed E-state index contributed by atoms with van der Waals surface area (Å²) < 4.78 is 51.8. The number of nitrogens with zero attached hydrogens (tertiary/aromatic N) is 2. The average Bonchev–Trinajstić information content (AvgIpc) is 2.60. The van der Waals surface area contributed by atoms with E-state index >= 15 is 0 Å². The molecule has 0 aliphatic heterocycles. The largest absolute Gasteiger partial charge is 0.470 e. The molecular formula is C18H27F3N2O6Si2. The lowest BCUT2D eigenvalue weighted by atomic mass is 10.0. The molecule has 0 saturated heterocycles. The van der Waals surface area contributed by atoms with E-state index in [0.717, 1.165) is 13.2 Å². The van der Waals surface area contributed by atoms with Gasteiger partial charge in [0.05, 0.1) is 12.0 Å². The molecule has 0 radical (unpaired) electrons. The summed E-state index contributed by atoms with van der Waals surface area (Å²) in [6.45, 7) is 9.67. The number of hydrogen-bond donors (Lipinski definition) is 0.